The topological polar surface area (TPSA) is 95.7 Å². The molecule has 0 amide bonds. The molecule has 0 spiro atoms. The smallest absolute Gasteiger partial charge is 0.306 e. The van der Waals surface area contributed by atoms with Gasteiger partial charge in [0, 0.05) is 29.9 Å². The average Bonchev–Trinajstić information content (AvgIpc) is 3.81. The van der Waals surface area contributed by atoms with Crippen molar-refractivity contribution in [3.63, 3.8) is 0 Å². The van der Waals surface area contributed by atoms with Gasteiger partial charge >= 0.3 is 5.97 Å². The highest BCUT2D eigenvalue weighted by atomic mass is 16.5. The number of fused-ring (bicyclic) bond motifs is 1. The van der Waals surface area contributed by atoms with Gasteiger partial charge in [-0.2, -0.15) is 5.26 Å². The van der Waals surface area contributed by atoms with Gasteiger partial charge in [0.25, 0.3) is 0 Å². The predicted molar refractivity (Wildman–Crippen MR) is 163 cm³/mol. The van der Waals surface area contributed by atoms with Crippen molar-refractivity contribution in [2.75, 3.05) is 14.2 Å². The number of carboxylic acids is 1. The molecule has 2 aliphatic rings. The molecule has 1 N–H and O–H groups in total. The van der Waals surface area contributed by atoms with E-state index in [9.17, 15) is 15.2 Å². The van der Waals surface area contributed by atoms with Gasteiger partial charge in [-0.05, 0) is 99.2 Å². The molecule has 3 aromatic rings. The van der Waals surface area contributed by atoms with Crippen LogP contribution in [0.5, 0.6) is 11.6 Å². The van der Waals surface area contributed by atoms with Crippen LogP contribution in [0, 0.1) is 23.2 Å². The molecule has 0 bridgehead atoms. The van der Waals surface area contributed by atoms with Crippen molar-refractivity contribution >= 4 is 5.97 Å². The lowest BCUT2D eigenvalue weighted by Crippen LogP contribution is -2.37. The number of nitrogens with zero attached hydrogens (tertiary/aromatic N) is 3. The highest BCUT2D eigenvalue weighted by Gasteiger charge is 2.39. The number of ether oxygens (including phenoxy) is 2. The molecule has 7 nitrogen and oxygen atoms in total. The molecule has 2 heterocycles. The Hall–Kier alpha value is -3.89. The van der Waals surface area contributed by atoms with Crippen LogP contribution in [0.2, 0.25) is 0 Å². The molecule has 0 saturated heterocycles. The monoisotopic (exact) mass is 567 g/mol. The number of nitriles is 1. The molecule has 42 heavy (non-hydrogen) atoms. The third-order valence-electron chi connectivity index (χ3n) is 9.03. The van der Waals surface area contributed by atoms with Crippen molar-refractivity contribution in [3.05, 3.63) is 76.5 Å². The minimum atomic E-state index is -0.748. The van der Waals surface area contributed by atoms with Crippen LogP contribution in [0.15, 0.2) is 48.7 Å². The van der Waals surface area contributed by atoms with E-state index in [4.69, 9.17) is 9.47 Å². The zero-order valence-electron chi connectivity index (χ0n) is 25.5. The number of hydrogen-bond donors (Lipinski definition) is 1. The number of carboxylic acid groups (broad SMARTS) is 1. The highest BCUT2D eigenvalue weighted by Crippen LogP contribution is 2.48. The molecule has 2 aromatic carbocycles. The standard InChI is InChI=1S/C35H41N3O4/c1-21(34(39)40)33(23-8-9-23)25-10-7-22-12-14-30(42-31(22)16-25)24-11-13-28(26(15-24)20-38(5)35(2,3)4)29-17-32(41-6)37-19-27(29)18-36/h7,10-11,13,15-17,19,21,23,30,33H,8-9,12,14,20H2,1-6H3,(H,39,40)/t21-,30?,33?/m0/s1. The maximum absolute atomic E-state index is 11.9. The fourth-order valence-electron chi connectivity index (χ4n) is 5.97. The van der Waals surface area contributed by atoms with E-state index in [1.165, 1.54) is 5.56 Å². The third-order valence-corrected chi connectivity index (χ3v) is 9.03. The number of aliphatic carboxylic acids is 1. The van der Waals surface area contributed by atoms with Crippen LogP contribution in [0.25, 0.3) is 11.1 Å². The molecule has 1 saturated carbocycles. The van der Waals surface area contributed by atoms with Gasteiger partial charge in [0.1, 0.15) is 17.9 Å². The van der Waals surface area contributed by atoms with Gasteiger partial charge in [0.2, 0.25) is 5.88 Å². The SMILES string of the molecule is COc1cc(-c2ccc(C3CCc4ccc(C(C5CC5)[C@H](C)C(=O)O)cc4O3)cc2CN(C)C(C)(C)C)c(C#N)cn1. The molecule has 5 rings (SSSR count). The zero-order chi connectivity index (χ0) is 30.2. The molecule has 220 valence electrons. The van der Waals surface area contributed by atoms with Crippen LogP contribution in [-0.4, -0.2) is 40.7 Å². The minimum absolute atomic E-state index is 0.00211. The fraction of sp³-hybridized carbons (Fsp3) is 0.457. The van der Waals surface area contributed by atoms with Crippen LogP contribution < -0.4 is 9.47 Å². The first-order valence-electron chi connectivity index (χ1n) is 14.8. The molecule has 7 heteroatoms. The Balaban J connectivity index is 1.50. The van der Waals surface area contributed by atoms with E-state index >= 15 is 0 Å². The normalized spacial score (nSPS) is 18.0. The van der Waals surface area contributed by atoms with Crippen LogP contribution >= 0.6 is 0 Å². The quantitative estimate of drug-likeness (QED) is 0.294. The second-order valence-electron chi connectivity index (χ2n) is 12.8. The Labute approximate surface area is 249 Å². The molecule has 1 aliphatic heterocycles. The maximum atomic E-state index is 11.9. The van der Waals surface area contributed by atoms with E-state index in [2.05, 4.69) is 80.2 Å². The Bertz CT molecular complexity index is 1520. The second-order valence-corrected chi connectivity index (χ2v) is 12.8. The van der Waals surface area contributed by atoms with Gasteiger partial charge in [0.15, 0.2) is 0 Å². The van der Waals surface area contributed by atoms with Crippen molar-refractivity contribution in [2.24, 2.45) is 11.8 Å². The van der Waals surface area contributed by atoms with Crippen molar-refractivity contribution in [1.29, 1.82) is 5.26 Å². The molecular weight excluding hydrogens is 526 g/mol. The van der Waals surface area contributed by atoms with Crippen molar-refractivity contribution in [1.82, 2.24) is 9.88 Å². The number of aromatic nitrogens is 1. The largest absolute Gasteiger partial charge is 0.485 e. The van der Waals surface area contributed by atoms with Gasteiger partial charge in [-0.1, -0.05) is 37.3 Å². The van der Waals surface area contributed by atoms with Gasteiger partial charge in [-0.15, -0.1) is 0 Å². The number of aryl methyl sites for hydroxylation is 1. The lowest BCUT2D eigenvalue weighted by atomic mass is 9.82. The summed E-state index contributed by atoms with van der Waals surface area (Å²) in [5, 5.41) is 19.6. The summed E-state index contributed by atoms with van der Waals surface area (Å²) in [6.07, 6.45) is 5.35. The van der Waals surface area contributed by atoms with Crippen molar-refractivity contribution in [2.45, 2.75) is 77.5 Å². The maximum Gasteiger partial charge on any atom is 0.306 e. The summed E-state index contributed by atoms with van der Waals surface area (Å²) in [4.78, 5) is 18.4. The molecule has 1 aliphatic carbocycles. The minimum Gasteiger partial charge on any atom is -0.485 e. The summed E-state index contributed by atoms with van der Waals surface area (Å²) >= 11 is 0. The van der Waals surface area contributed by atoms with Crippen LogP contribution in [0.1, 0.15) is 86.8 Å². The zero-order valence-corrected chi connectivity index (χ0v) is 25.5. The summed E-state index contributed by atoms with van der Waals surface area (Å²) in [7, 11) is 3.69. The molecule has 1 aromatic heterocycles. The Morgan fingerprint density at radius 3 is 2.57 bits per heavy atom. The first-order valence-corrected chi connectivity index (χ1v) is 14.8. The van der Waals surface area contributed by atoms with E-state index in [1.54, 1.807) is 13.3 Å². The van der Waals surface area contributed by atoms with E-state index in [0.29, 0.717) is 23.9 Å². The highest BCUT2D eigenvalue weighted by molar-refractivity contribution is 5.74. The Morgan fingerprint density at radius 1 is 1.17 bits per heavy atom. The summed E-state index contributed by atoms with van der Waals surface area (Å²) < 4.78 is 12.1. The van der Waals surface area contributed by atoms with Crippen LogP contribution in [0.3, 0.4) is 0 Å². The number of pyridine rings is 1. The van der Waals surface area contributed by atoms with E-state index in [1.807, 2.05) is 13.0 Å². The molecule has 2 unspecified atom stereocenters. The van der Waals surface area contributed by atoms with Gasteiger partial charge in [-0.25, -0.2) is 4.98 Å². The lowest BCUT2D eigenvalue weighted by Gasteiger charge is -2.33. The number of benzene rings is 2. The summed E-state index contributed by atoms with van der Waals surface area (Å²) in [6, 6.07) is 16.8. The molecule has 1 fully saturated rings. The van der Waals surface area contributed by atoms with Crippen LogP contribution in [-0.2, 0) is 17.8 Å². The lowest BCUT2D eigenvalue weighted by molar-refractivity contribution is -0.142. The fourth-order valence-corrected chi connectivity index (χ4v) is 5.97. The predicted octanol–water partition coefficient (Wildman–Crippen LogP) is 7.14. The van der Waals surface area contributed by atoms with Gasteiger partial charge in [-0.3, -0.25) is 9.69 Å². The summed E-state index contributed by atoms with van der Waals surface area (Å²) in [5.41, 5.74) is 6.63. The Kier molecular flexibility index (Phi) is 8.30. The van der Waals surface area contributed by atoms with Gasteiger partial charge in [0.05, 0.1) is 18.6 Å². The first-order chi connectivity index (χ1) is 20.0. The molecule has 0 radical (unpaired) electrons. The van der Waals surface area contributed by atoms with Gasteiger partial charge < -0.3 is 14.6 Å². The van der Waals surface area contributed by atoms with Crippen molar-refractivity contribution in [3.8, 4) is 28.8 Å². The van der Waals surface area contributed by atoms with E-state index in [-0.39, 0.29) is 17.6 Å². The first kappa shape index (κ1) is 29.6. The van der Waals surface area contributed by atoms with E-state index < -0.39 is 11.9 Å². The molecule has 3 atom stereocenters. The van der Waals surface area contributed by atoms with E-state index in [0.717, 1.165) is 59.3 Å². The average molecular weight is 568 g/mol. The molecular formula is C35H41N3O4. The number of hydrogen-bond acceptors (Lipinski definition) is 6. The Morgan fingerprint density at radius 2 is 1.93 bits per heavy atom. The second kappa shape index (κ2) is 11.8. The third kappa shape index (κ3) is 6.15. The summed E-state index contributed by atoms with van der Waals surface area (Å²) in [6.45, 7) is 9.07. The number of methoxy groups -OCH3 is 1. The van der Waals surface area contributed by atoms with Crippen LogP contribution in [0.4, 0.5) is 0 Å². The van der Waals surface area contributed by atoms with Crippen molar-refractivity contribution < 1.29 is 19.4 Å². The number of carbonyl (C=O) groups is 1. The number of rotatable bonds is 9. The summed E-state index contributed by atoms with van der Waals surface area (Å²) in [5.74, 6) is 0.566.